The molecule has 0 aliphatic carbocycles. The predicted molar refractivity (Wildman–Crippen MR) is 119 cm³/mol. The topological polar surface area (TPSA) is 63.4 Å². The highest BCUT2D eigenvalue weighted by Gasteiger charge is 2.16. The molecule has 0 spiro atoms. The van der Waals surface area contributed by atoms with Crippen LogP contribution in [0.15, 0.2) is 76.6 Å². The second-order valence-electron chi connectivity index (χ2n) is 6.05. The summed E-state index contributed by atoms with van der Waals surface area (Å²) in [5.74, 6) is 0. The third-order valence-electron chi connectivity index (χ3n) is 4.21. The minimum atomic E-state index is -0.177. The van der Waals surface area contributed by atoms with Crippen molar-refractivity contribution in [2.24, 2.45) is 12.1 Å². The molecule has 2 aromatic carbocycles. The number of allylic oxidation sites excluding steroid dienone is 1. The maximum absolute atomic E-state index is 12.8. The van der Waals surface area contributed by atoms with Crippen molar-refractivity contribution in [3.8, 4) is 5.69 Å². The summed E-state index contributed by atoms with van der Waals surface area (Å²) in [7, 11) is 1.83. The SMILES string of the molecule is Cc1c(NC(=S)N/N=C\C=C\c2ccccc2)c(=O)n(-c2ccccc2)n1C. The van der Waals surface area contributed by atoms with Crippen molar-refractivity contribution in [1.82, 2.24) is 14.8 Å². The normalized spacial score (nSPS) is 11.2. The molecular formula is C21H21N5OS. The van der Waals surface area contributed by atoms with Crippen LogP contribution in [0.1, 0.15) is 11.3 Å². The second kappa shape index (κ2) is 8.96. The minimum absolute atomic E-state index is 0.177. The van der Waals surface area contributed by atoms with E-state index in [9.17, 15) is 4.79 Å². The number of nitrogens with zero attached hydrogens (tertiary/aromatic N) is 3. The zero-order valence-corrected chi connectivity index (χ0v) is 16.5. The molecule has 7 heteroatoms. The van der Waals surface area contributed by atoms with Gasteiger partial charge in [0.15, 0.2) is 5.11 Å². The van der Waals surface area contributed by atoms with E-state index in [2.05, 4.69) is 15.8 Å². The smallest absolute Gasteiger partial charge is 0.295 e. The third-order valence-corrected chi connectivity index (χ3v) is 4.40. The van der Waals surface area contributed by atoms with Crippen LogP contribution in [0, 0.1) is 6.92 Å². The van der Waals surface area contributed by atoms with Gasteiger partial charge in [-0.25, -0.2) is 4.68 Å². The van der Waals surface area contributed by atoms with Gasteiger partial charge in [0.25, 0.3) is 5.56 Å². The number of benzene rings is 2. The Kier molecular flexibility index (Phi) is 6.18. The van der Waals surface area contributed by atoms with Crippen LogP contribution in [-0.4, -0.2) is 20.7 Å². The van der Waals surface area contributed by atoms with Gasteiger partial charge in [-0.2, -0.15) is 5.10 Å². The third kappa shape index (κ3) is 4.44. The van der Waals surface area contributed by atoms with Crippen molar-refractivity contribution in [1.29, 1.82) is 0 Å². The highest BCUT2D eigenvalue weighted by molar-refractivity contribution is 7.80. The Hall–Kier alpha value is -3.45. The molecule has 0 fully saturated rings. The van der Waals surface area contributed by atoms with E-state index >= 15 is 0 Å². The van der Waals surface area contributed by atoms with Gasteiger partial charge in [-0.05, 0) is 42.9 Å². The highest BCUT2D eigenvalue weighted by Crippen LogP contribution is 2.13. The molecule has 28 heavy (non-hydrogen) atoms. The maximum Gasteiger partial charge on any atom is 0.295 e. The van der Waals surface area contributed by atoms with E-state index in [1.165, 1.54) is 0 Å². The molecule has 0 radical (unpaired) electrons. The van der Waals surface area contributed by atoms with Crippen LogP contribution < -0.4 is 16.3 Å². The number of nitrogens with one attached hydrogen (secondary N) is 2. The standard InChI is InChI=1S/C21H21N5OS/c1-16-19(20(27)26(25(16)2)18-13-7-4-8-14-18)23-21(28)24-22-15-9-12-17-10-5-3-6-11-17/h3-15H,1-2H3,(H2,23,24,28)/b12-9+,22-15-. The van der Waals surface area contributed by atoms with Crippen molar-refractivity contribution in [3.05, 3.63) is 88.4 Å². The average molecular weight is 392 g/mol. The van der Waals surface area contributed by atoms with Crippen molar-refractivity contribution in [2.45, 2.75) is 6.92 Å². The Labute approximate surface area is 168 Å². The van der Waals surface area contributed by atoms with Crippen LogP contribution in [0.5, 0.6) is 0 Å². The Morgan fingerprint density at radius 3 is 2.39 bits per heavy atom. The van der Waals surface area contributed by atoms with E-state index < -0.39 is 0 Å². The lowest BCUT2D eigenvalue weighted by Gasteiger charge is -2.07. The quantitative estimate of drug-likeness (QED) is 0.397. The minimum Gasteiger partial charge on any atom is -0.325 e. The second-order valence-corrected chi connectivity index (χ2v) is 6.46. The van der Waals surface area contributed by atoms with E-state index in [0.717, 1.165) is 16.9 Å². The number of rotatable bonds is 5. The Bertz CT molecular complexity index is 1070. The van der Waals surface area contributed by atoms with E-state index in [1.807, 2.05) is 80.7 Å². The summed E-state index contributed by atoms with van der Waals surface area (Å²) in [4.78, 5) is 12.8. The number of aromatic nitrogens is 2. The molecule has 0 unspecified atom stereocenters. The van der Waals surface area contributed by atoms with E-state index in [1.54, 1.807) is 21.7 Å². The van der Waals surface area contributed by atoms with Crippen LogP contribution in [0.3, 0.4) is 0 Å². The molecule has 0 saturated carbocycles. The van der Waals surface area contributed by atoms with Crippen molar-refractivity contribution >= 4 is 35.3 Å². The molecule has 0 aliphatic heterocycles. The van der Waals surface area contributed by atoms with Gasteiger partial charge in [0.2, 0.25) is 0 Å². The lowest BCUT2D eigenvalue weighted by molar-refractivity contribution is 0.630. The molecule has 0 amide bonds. The molecule has 0 saturated heterocycles. The number of thiocarbonyl (C=S) groups is 1. The summed E-state index contributed by atoms with van der Waals surface area (Å²) in [6, 6.07) is 19.4. The van der Waals surface area contributed by atoms with Crippen LogP contribution >= 0.6 is 12.2 Å². The van der Waals surface area contributed by atoms with Crippen molar-refractivity contribution < 1.29 is 0 Å². The van der Waals surface area contributed by atoms with E-state index in [4.69, 9.17) is 12.2 Å². The van der Waals surface area contributed by atoms with Gasteiger partial charge >= 0.3 is 0 Å². The fourth-order valence-corrected chi connectivity index (χ4v) is 2.87. The van der Waals surface area contributed by atoms with Gasteiger partial charge in [-0.1, -0.05) is 54.6 Å². The van der Waals surface area contributed by atoms with E-state index in [0.29, 0.717) is 5.69 Å². The van der Waals surface area contributed by atoms with Gasteiger partial charge in [-0.15, -0.1) is 0 Å². The molecule has 1 aromatic heterocycles. The molecule has 142 valence electrons. The summed E-state index contributed by atoms with van der Waals surface area (Å²) >= 11 is 5.25. The molecular weight excluding hydrogens is 370 g/mol. The van der Waals surface area contributed by atoms with Gasteiger partial charge in [0.05, 0.1) is 11.4 Å². The fraction of sp³-hybridized carbons (Fsp3) is 0.0952. The van der Waals surface area contributed by atoms with Gasteiger partial charge in [0.1, 0.15) is 5.69 Å². The Morgan fingerprint density at radius 1 is 1.07 bits per heavy atom. The van der Waals surface area contributed by atoms with Crippen LogP contribution in [0.2, 0.25) is 0 Å². The summed E-state index contributed by atoms with van der Waals surface area (Å²) < 4.78 is 3.38. The first-order valence-electron chi connectivity index (χ1n) is 8.73. The number of hydrazone groups is 1. The average Bonchev–Trinajstić information content (AvgIpc) is 2.92. The first-order valence-corrected chi connectivity index (χ1v) is 9.14. The van der Waals surface area contributed by atoms with Crippen molar-refractivity contribution in [3.63, 3.8) is 0 Å². The summed E-state index contributed by atoms with van der Waals surface area (Å²) in [5, 5.41) is 7.24. The molecule has 1 heterocycles. The zero-order valence-electron chi connectivity index (χ0n) is 15.7. The lowest BCUT2D eigenvalue weighted by atomic mass is 10.2. The molecule has 3 aromatic rings. The molecule has 0 aliphatic rings. The van der Waals surface area contributed by atoms with Crippen LogP contribution in [-0.2, 0) is 7.05 Å². The van der Waals surface area contributed by atoms with E-state index in [-0.39, 0.29) is 10.7 Å². The lowest BCUT2D eigenvalue weighted by Crippen LogP contribution is -2.28. The summed E-state index contributed by atoms with van der Waals surface area (Å²) in [6.07, 6.45) is 5.34. The molecule has 0 bridgehead atoms. The fourth-order valence-electron chi connectivity index (χ4n) is 2.71. The van der Waals surface area contributed by atoms with Gasteiger partial charge < -0.3 is 5.32 Å². The first-order chi connectivity index (χ1) is 13.6. The molecule has 3 rings (SSSR count). The number of hydrogen-bond donors (Lipinski definition) is 2. The number of para-hydroxylation sites is 1. The predicted octanol–water partition coefficient (Wildman–Crippen LogP) is 3.47. The Morgan fingerprint density at radius 2 is 1.71 bits per heavy atom. The van der Waals surface area contributed by atoms with Crippen LogP contribution in [0.4, 0.5) is 5.69 Å². The highest BCUT2D eigenvalue weighted by atomic mass is 32.1. The first kappa shape index (κ1) is 19.3. The van der Waals surface area contributed by atoms with Gasteiger partial charge in [0, 0.05) is 13.3 Å². The largest absolute Gasteiger partial charge is 0.325 e. The Balaban J connectivity index is 1.67. The van der Waals surface area contributed by atoms with Crippen LogP contribution in [0.25, 0.3) is 11.8 Å². The summed E-state index contributed by atoms with van der Waals surface area (Å²) in [5.41, 5.74) is 5.59. The molecule has 6 nitrogen and oxygen atoms in total. The number of hydrogen-bond acceptors (Lipinski definition) is 3. The monoisotopic (exact) mass is 391 g/mol. The molecule has 0 atom stereocenters. The van der Waals surface area contributed by atoms with Crippen molar-refractivity contribution in [2.75, 3.05) is 5.32 Å². The number of anilines is 1. The zero-order chi connectivity index (χ0) is 19.9. The molecule has 2 N–H and O–H groups in total. The summed E-state index contributed by atoms with van der Waals surface area (Å²) in [6.45, 7) is 1.86. The van der Waals surface area contributed by atoms with Gasteiger partial charge in [-0.3, -0.25) is 14.9 Å². The maximum atomic E-state index is 12.8.